The second-order valence-electron chi connectivity index (χ2n) is 8.74. The summed E-state index contributed by atoms with van der Waals surface area (Å²) >= 11 is 0. The van der Waals surface area contributed by atoms with Gasteiger partial charge >= 0.3 is 0 Å². The van der Waals surface area contributed by atoms with Gasteiger partial charge < -0.3 is 19.7 Å². The Labute approximate surface area is 183 Å². The topological polar surface area (TPSA) is 67.9 Å². The Hall–Kier alpha value is -3.02. The third-order valence-corrected chi connectivity index (χ3v) is 5.88. The molecule has 2 aromatic rings. The molecule has 164 valence electrons. The number of rotatable bonds is 5. The first-order valence-corrected chi connectivity index (χ1v) is 11.0. The van der Waals surface area contributed by atoms with Gasteiger partial charge in [0.2, 0.25) is 11.8 Å². The molecule has 31 heavy (non-hydrogen) atoms. The highest BCUT2D eigenvalue weighted by Crippen LogP contribution is 2.33. The summed E-state index contributed by atoms with van der Waals surface area (Å²) < 4.78 is 11.3. The van der Waals surface area contributed by atoms with Crippen LogP contribution in [0.2, 0.25) is 0 Å². The fourth-order valence-electron chi connectivity index (χ4n) is 4.21. The molecule has 1 N–H and O–H groups in total. The minimum absolute atomic E-state index is 0.0247. The van der Waals surface area contributed by atoms with E-state index in [1.807, 2.05) is 63.2 Å². The molecule has 6 heteroatoms. The first kappa shape index (κ1) is 21.2. The number of nitrogens with zero attached hydrogens (tertiary/aromatic N) is 1. The van der Waals surface area contributed by atoms with Crippen molar-refractivity contribution in [1.82, 2.24) is 10.2 Å². The Morgan fingerprint density at radius 2 is 1.74 bits per heavy atom. The first-order valence-electron chi connectivity index (χ1n) is 11.0. The summed E-state index contributed by atoms with van der Waals surface area (Å²) in [5, 5.41) is 3.11. The Bertz CT molecular complexity index is 972. The van der Waals surface area contributed by atoms with Crippen LogP contribution in [0.15, 0.2) is 42.5 Å². The molecule has 2 aliphatic heterocycles. The third kappa shape index (κ3) is 4.68. The van der Waals surface area contributed by atoms with Crippen LogP contribution in [0.25, 0.3) is 0 Å². The van der Waals surface area contributed by atoms with Crippen LogP contribution in [0.1, 0.15) is 49.9 Å². The van der Waals surface area contributed by atoms with E-state index in [2.05, 4.69) is 5.32 Å². The summed E-state index contributed by atoms with van der Waals surface area (Å²) in [6.07, 6.45) is 0.962. The summed E-state index contributed by atoms with van der Waals surface area (Å²) in [5.74, 6) is 1.56. The number of benzene rings is 2. The molecule has 4 rings (SSSR count). The molecule has 2 atom stereocenters. The van der Waals surface area contributed by atoms with Crippen LogP contribution in [0, 0.1) is 5.92 Å². The van der Waals surface area contributed by atoms with Gasteiger partial charge in [-0.15, -0.1) is 0 Å². The zero-order valence-electron chi connectivity index (χ0n) is 18.4. The highest BCUT2D eigenvalue weighted by Gasteiger charge is 2.35. The molecule has 2 unspecified atom stereocenters. The van der Waals surface area contributed by atoms with Crippen LogP contribution in [0.4, 0.5) is 0 Å². The molecular weight excluding hydrogens is 392 g/mol. The van der Waals surface area contributed by atoms with Gasteiger partial charge in [-0.05, 0) is 41.7 Å². The Morgan fingerprint density at radius 3 is 2.48 bits per heavy atom. The zero-order valence-corrected chi connectivity index (χ0v) is 18.4. The molecule has 2 amide bonds. The highest BCUT2D eigenvalue weighted by atomic mass is 16.6. The van der Waals surface area contributed by atoms with Gasteiger partial charge in [-0.1, -0.05) is 44.2 Å². The molecular formula is C25H30N2O4. The van der Waals surface area contributed by atoms with Crippen molar-refractivity contribution in [3.8, 4) is 11.5 Å². The molecule has 0 radical (unpaired) electrons. The van der Waals surface area contributed by atoms with Crippen LogP contribution < -0.4 is 14.8 Å². The zero-order chi connectivity index (χ0) is 22.0. The van der Waals surface area contributed by atoms with Crippen molar-refractivity contribution in [2.24, 2.45) is 5.92 Å². The van der Waals surface area contributed by atoms with Gasteiger partial charge in [-0.3, -0.25) is 9.59 Å². The van der Waals surface area contributed by atoms with E-state index in [4.69, 9.17) is 9.47 Å². The molecule has 0 aromatic heterocycles. The average Bonchev–Trinajstić information content (AvgIpc) is 2.77. The van der Waals surface area contributed by atoms with Gasteiger partial charge in [-0.2, -0.15) is 0 Å². The number of carbonyl (C=O) groups is 2. The highest BCUT2D eigenvalue weighted by molar-refractivity contribution is 5.88. The second-order valence-corrected chi connectivity index (χ2v) is 8.74. The number of ether oxygens (including phenoxy) is 2. The van der Waals surface area contributed by atoms with Crippen LogP contribution >= 0.6 is 0 Å². The maximum Gasteiger partial charge on any atom is 0.243 e. The number of carbonyl (C=O) groups excluding carboxylic acids is 2. The van der Waals surface area contributed by atoms with E-state index in [0.717, 1.165) is 22.4 Å². The lowest BCUT2D eigenvalue weighted by molar-refractivity contribution is -0.142. The molecule has 0 bridgehead atoms. The molecule has 2 aliphatic rings. The number of fused-ring (bicyclic) bond motifs is 2. The van der Waals surface area contributed by atoms with Crippen molar-refractivity contribution >= 4 is 11.8 Å². The number of hydrogen-bond donors (Lipinski definition) is 1. The quantitative estimate of drug-likeness (QED) is 0.799. The SMILES string of the molecule is CC(C)CC(=O)N1Cc2ccccc2CC1C(=O)NC(C)c1ccc2c(c1)OCCO2. The smallest absolute Gasteiger partial charge is 0.243 e. The van der Waals surface area contributed by atoms with E-state index in [-0.39, 0.29) is 23.8 Å². The fourth-order valence-corrected chi connectivity index (χ4v) is 4.21. The Kier molecular flexibility index (Phi) is 6.16. The van der Waals surface area contributed by atoms with Crippen LogP contribution in [-0.4, -0.2) is 36.0 Å². The van der Waals surface area contributed by atoms with Gasteiger partial charge in [-0.25, -0.2) is 0 Å². The minimum Gasteiger partial charge on any atom is -0.486 e. The van der Waals surface area contributed by atoms with E-state index in [0.29, 0.717) is 38.3 Å². The van der Waals surface area contributed by atoms with Gasteiger partial charge in [0.05, 0.1) is 6.04 Å². The summed E-state index contributed by atoms with van der Waals surface area (Å²) in [7, 11) is 0. The molecule has 0 fully saturated rings. The van der Waals surface area contributed by atoms with E-state index in [1.165, 1.54) is 0 Å². The molecule has 0 spiro atoms. The number of hydrogen-bond acceptors (Lipinski definition) is 4. The van der Waals surface area contributed by atoms with E-state index >= 15 is 0 Å². The molecule has 0 aliphatic carbocycles. The van der Waals surface area contributed by atoms with E-state index in [1.54, 1.807) is 4.90 Å². The minimum atomic E-state index is -0.513. The van der Waals surface area contributed by atoms with Gasteiger partial charge in [0.25, 0.3) is 0 Å². The molecule has 0 saturated heterocycles. The standard InChI is InChI=1S/C25H30N2O4/c1-16(2)12-24(28)27-15-20-7-5-4-6-19(20)13-21(27)25(29)26-17(3)18-8-9-22-23(14-18)31-11-10-30-22/h4-9,14,16-17,21H,10-13,15H2,1-3H3,(H,26,29). The first-order chi connectivity index (χ1) is 14.9. The lowest BCUT2D eigenvalue weighted by atomic mass is 9.92. The maximum atomic E-state index is 13.3. The predicted octanol–water partition coefficient (Wildman–Crippen LogP) is 3.63. The van der Waals surface area contributed by atoms with Gasteiger partial charge in [0.15, 0.2) is 11.5 Å². The second kappa shape index (κ2) is 9.00. The van der Waals surface area contributed by atoms with Crippen molar-refractivity contribution in [3.63, 3.8) is 0 Å². The number of nitrogens with one attached hydrogen (secondary N) is 1. The summed E-state index contributed by atoms with van der Waals surface area (Å²) in [6.45, 7) is 7.52. The third-order valence-electron chi connectivity index (χ3n) is 5.88. The maximum absolute atomic E-state index is 13.3. The lowest BCUT2D eigenvalue weighted by Gasteiger charge is -2.37. The molecule has 2 aromatic carbocycles. The van der Waals surface area contributed by atoms with Crippen molar-refractivity contribution in [2.75, 3.05) is 13.2 Å². The molecule has 6 nitrogen and oxygen atoms in total. The van der Waals surface area contributed by atoms with Crippen LogP contribution in [0.3, 0.4) is 0 Å². The van der Waals surface area contributed by atoms with Crippen molar-refractivity contribution < 1.29 is 19.1 Å². The largest absolute Gasteiger partial charge is 0.486 e. The predicted molar refractivity (Wildman–Crippen MR) is 118 cm³/mol. The molecule has 2 heterocycles. The van der Waals surface area contributed by atoms with E-state index < -0.39 is 6.04 Å². The van der Waals surface area contributed by atoms with Crippen molar-refractivity contribution in [3.05, 3.63) is 59.2 Å². The summed E-state index contributed by atoms with van der Waals surface area (Å²) in [5.41, 5.74) is 3.18. The number of amides is 2. The lowest BCUT2D eigenvalue weighted by Crippen LogP contribution is -2.53. The van der Waals surface area contributed by atoms with Crippen molar-refractivity contribution in [2.45, 2.75) is 52.2 Å². The van der Waals surface area contributed by atoms with Gasteiger partial charge in [0.1, 0.15) is 19.3 Å². The Morgan fingerprint density at radius 1 is 1.03 bits per heavy atom. The van der Waals surface area contributed by atoms with Crippen LogP contribution in [-0.2, 0) is 22.6 Å². The summed E-state index contributed by atoms with van der Waals surface area (Å²) in [4.78, 5) is 28.0. The normalized spacial score (nSPS) is 18.3. The molecule has 0 saturated carbocycles. The summed E-state index contributed by atoms with van der Waals surface area (Å²) in [6, 6.07) is 13.0. The average molecular weight is 423 g/mol. The monoisotopic (exact) mass is 422 g/mol. The van der Waals surface area contributed by atoms with Crippen molar-refractivity contribution in [1.29, 1.82) is 0 Å². The van der Waals surface area contributed by atoms with Gasteiger partial charge in [0, 0.05) is 19.4 Å². The fraction of sp³-hybridized carbons (Fsp3) is 0.440. The van der Waals surface area contributed by atoms with E-state index in [9.17, 15) is 9.59 Å². The van der Waals surface area contributed by atoms with Crippen LogP contribution in [0.5, 0.6) is 11.5 Å². The Balaban J connectivity index is 1.52.